The second kappa shape index (κ2) is 3.04. The Morgan fingerprint density at radius 1 is 1.57 bits per heavy atom. The zero-order valence-corrected chi connectivity index (χ0v) is 9.36. The molecule has 2 nitrogen and oxygen atoms in total. The van der Waals surface area contributed by atoms with E-state index < -0.39 is 0 Å². The highest BCUT2D eigenvalue weighted by Crippen LogP contribution is 2.43. The Labute approximate surface area is 88.7 Å². The largest absolute Gasteiger partial charge is 0.314 e. The van der Waals surface area contributed by atoms with E-state index in [0.29, 0.717) is 5.54 Å². The van der Waals surface area contributed by atoms with E-state index in [-0.39, 0.29) is 0 Å². The van der Waals surface area contributed by atoms with Crippen LogP contribution in [0.15, 0.2) is 5.38 Å². The van der Waals surface area contributed by atoms with Gasteiger partial charge in [-0.15, -0.1) is 11.3 Å². The van der Waals surface area contributed by atoms with Crippen molar-refractivity contribution in [3.63, 3.8) is 0 Å². The summed E-state index contributed by atoms with van der Waals surface area (Å²) >= 11 is 1.86. The Balaban J connectivity index is 1.70. The number of nitrogens with zero attached hydrogens (tertiary/aromatic N) is 1. The second-order valence-corrected chi connectivity index (χ2v) is 5.55. The van der Waals surface area contributed by atoms with E-state index in [1.807, 2.05) is 11.3 Å². The molecule has 2 saturated carbocycles. The van der Waals surface area contributed by atoms with Crippen molar-refractivity contribution in [3.05, 3.63) is 16.1 Å². The molecule has 2 fully saturated rings. The third-order valence-corrected chi connectivity index (χ3v) is 4.46. The van der Waals surface area contributed by atoms with Gasteiger partial charge in [-0.3, -0.25) is 0 Å². The molecule has 76 valence electrons. The van der Waals surface area contributed by atoms with Gasteiger partial charge in [0, 0.05) is 23.3 Å². The van der Waals surface area contributed by atoms with Crippen LogP contribution in [0, 0.1) is 0 Å². The molecule has 1 N–H and O–H groups in total. The van der Waals surface area contributed by atoms with Crippen LogP contribution in [0.25, 0.3) is 0 Å². The maximum Gasteiger partial charge on any atom is 0.0959 e. The first-order valence-electron chi connectivity index (χ1n) is 5.45. The zero-order valence-electron chi connectivity index (χ0n) is 8.55. The van der Waals surface area contributed by atoms with Gasteiger partial charge in [0.15, 0.2) is 0 Å². The molecular formula is C11H16N2S. The summed E-state index contributed by atoms with van der Waals surface area (Å²) in [6.07, 6.45) is 6.50. The molecule has 3 rings (SSSR count). The highest BCUT2D eigenvalue weighted by molar-refractivity contribution is 7.09. The maximum atomic E-state index is 4.72. The molecular weight excluding hydrogens is 192 g/mol. The Hall–Kier alpha value is -0.410. The molecule has 0 atom stereocenters. The van der Waals surface area contributed by atoms with E-state index in [2.05, 4.69) is 17.7 Å². The minimum atomic E-state index is 0.412. The number of nitrogens with one attached hydrogen (secondary N) is 1. The average Bonchev–Trinajstić information content (AvgIpc) is 3.09. The summed E-state index contributed by atoms with van der Waals surface area (Å²) in [5, 5.41) is 7.06. The smallest absolute Gasteiger partial charge is 0.0959 e. The molecule has 2 aliphatic rings. The molecule has 0 saturated heterocycles. The lowest BCUT2D eigenvalue weighted by Gasteiger charge is -2.11. The molecule has 3 heteroatoms. The molecule has 1 heterocycles. The number of thiazole rings is 1. The van der Waals surface area contributed by atoms with Crippen molar-refractivity contribution in [2.75, 3.05) is 7.05 Å². The molecule has 14 heavy (non-hydrogen) atoms. The van der Waals surface area contributed by atoms with Gasteiger partial charge >= 0.3 is 0 Å². The van der Waals surface area contributed by atoms with Crippen molar-refractivity contribution in [2.24, 2.45) is 0 Å². The lowest BCUT2D eigenvalue weighted by molar-refractivity contribution is 0.543. The first-order chi connectivity index (χ1) is 6.81. The lowest BCUT2D eigenvalue weighted by Crippen LogP contribution is -2.29. The number of rotatable bonds is 4. The quantitative estimate of drug-likeness (QED) is 0.821. The molecule has 1 aromatic rings. The van der Waals surface area contributed by atoms with E-state index in [1.165, 1.54) is 36.4 Å². The van der Waals surface area contributed by atoms with Crippen molar-refractivity contribution in [1.29, 1.82) is 0 Å². The van der Waals surface area contributed by atoms with E-state index in [9.17, 15) is 0 Å². The van der Waals surface area contributed by atoms with Crippen LogP contribution in [0.5, 0.6) is 0 Å². The van der Waals surface area contributed by atoms with Gasteiger partial charge in [0.25, 0.3) is 0 Å². The van der Waals surface area contributed by atoms with Crippen molar-refractivity contribution in [1.82, 2.24) is 10.3 Å². The monoisotopic (exact) mass is 208 g/mol. The minimum absolute atomic E-state index is 0.412. The van der Waals surface area contributed by atoms with Crippen molar-refractivity contribution in [2.45, 2.75) is 43.6 Å². The molecule has 0 amide bonds. The van der Waals surface area contributed by atoms with E-state index in [4.69, 9.17) is 4.98 Å². The number of hydrogen-bond donors (Lipinski definition) is 1. The van der Waals surface area contributed by atoms with Crippen molar-refractivity contribution < 1.29 is 0 Å². The van der Waals surface area contributed by atoms with Crippen LogP contribution in [0.4, 0.5) is 0 Å². The number of likely N-dealkylation sites (N-methyl/N-ethyl adjacent to an activating group) is 1. The summed E-state index contributed by atoms with van der Waals surface area (Å²) in [5.74, 6) is 0.818. The van der Waals surface area contributed by atoms with Gasteiger partial charge in [-0.2, -0.15) is 0 Å². The summed E-state index contributed by atoms with van der Waals surface area (Å²) < 4.78 is 0. The fourth-order valence-corrected chi connectivity index (χ4v) is 2.93. The van der Waals surface area contributed by atoms with E-state index >= 15 is 0 Å². The van der Waals surface area contributed by atoms with Gasteiger partial charge in [0.2, 0.25) is 0 Å². The van der Waals surface area contributed by atoms with Crippen LogP contribution >= 0.6 is 11.3 Å². The third kappa shape index (κ3) is 1.59. The van der Waals surface area contributed by atoms with Crippen LogP contribution in [0.1, 0.15) is 42.3 Å². The topological polar surface area (TPSA) is 24.9 Å². The molecule has 0 bridgehead atoms. The Bertz CT molecular complexity index is 337. The summed E-state index contributed by atoms with van der Waals surface area (Å²) in [4.78, 5) is 4.72. The lowest BCUT2D eigenvalue weighted by atomic mass is 10.1. The minimum Gasteiger partial charge on any atom is -0.314 e. The average molecular weight is 208 g/mol. The highest BCUT2D eigenvalue weighted by atomic mass is 32.1. The van der Waals surface area contributed by atoms with Gasteiger partial charge in [-0.05, 0) is 32.7 Å². The fraction of sp³-hybridized carbons (Fsp3) is 0.727. The highest BCUT2D eigenvalue weighted by Gasteiger charge is 2.41. The first-order valence-corrected chi connectivity index (χ1v) is 6.32. The van der Waals surface area contributed by atoms with Gasteiger partial charge < -0.3 is 5.32 Å². The van der Waals surface area contributed by atoms with Crippen LogP contribution in [0.3, 0.4) is 0 Å². The van der Waals surface area contributed by atoms with Gasteiger partial charge in [0.05, 0.1) is 10.7 Å². The Morgan fingerprint density at radius 3 is 2.93 bits per heavy atom. The van der Waals surface area contributed by atoms with E-state index in [0.717, 1.165) is 12.3 Å². The van der Waals surface area contributed by atoms with Crippen molar-refractivity contribution in [3.8, 4) is 0 Å². The Morgan fingerprint density at radius 2 is 2.36 bits per heavy atom. The summed E-state index contributed by atoms with van der Waals surface area (Å²) in [5.41, 5.74) is 1.72. The van der Waals surface area contributed by atoms with Crippen LogP contribution < -0.4 is 5.32 Å². The normalized spacial score (nSPS) is 23.8. The SMILES string of the molecule is CNC1(Cc2csc(C3CC3)n2)CC1. The standard InChI is InChI=1S/C11H16N2S/c1-12-11(4-5-11)6-9-7-14-10(13-9)8-2-3-8/h7-8,12H,2-6H2,1H3. The van der Waals surface area contributed by atoms with Crippen LogP contribution in [0.2, 0.25) is 0 Å². The Kier molecular flexibility index (Phi) is 1.92. The second-order valence-electron chi connectivity index (χ2n) is 4.66. The summed E-state index contributed by atoms with van der Waals surface area (Å²) in [6.45, 7) is 0. The molecule has 1 aromatic heterocycles. The van der Waals surface area contributed by atoms with Gasteiger partial charge in [-0.1, -0.05) is 0 Å². The number of aromatic nitrogens is 1. The van der Waals surface area contributed by atoms with Crippen molar-refractivity contribution >= 4 is 11.3 Å². The molecule has 0 aliphatic heterocycles. The predicted molar refractivity (Wildman–Crippen MR) is 58.8 cm³/mol. The first kappa shape index (κ1) is 8.86. The molecule has 2 aliphatic carbocycles. The fourth-order valence-electron chi connectivity index (χ4n) is 1.93. The molecule has 0 spiro atoms. The third-order valence-electron chi connectivity index (χ3n) is 3.40. The molecule has 0 radical (unpaired) electrons. The van der Waals surface area contributed by atoms with Gasteiger partial charge in [0.1, 0.15) is 0 Å². The molecule has 0 unspecified atom stereocenters. The summed E-state index contributed by atoms with van der Waals surface area (Å²) in [7, 11) is 2.07. The maximum absolute atomic E-state index is 4.72. The van der Waals surface area contributed by atoms with Gasteiger partial charge in [-0.25, -0.2) is 4.98 Å². The zero-order chi connectivity index (χ0) is 9.60. The summed E-state index contributed by atoms with van der Waals surface area (Å²) in [6, 6.07) is 0. The molecule has 0 aromatic carbocycles. The number of hydrogen-bond acceptors (Lipinski definition) is 3. The van der Waals surface area contributed by atoms with Crippen LogP contribution in [-0.2, 0) is 6.42 Å². The van der Waals surface area contributed by atoms with Crippen LogP contribution in [-0.4, -0.2) is 17.6 Å². The van der Waals surface area contributed by atoms with E-state index in [1.54, 1.807) is 0 Å². The predicted octanol–water partition coefficient (Wildman–Crippen LogP) is 2.32.